The molecule has 2 aromatic carbocycles. The predicted octanol–water partition coefficient (Wildman–Crippen LogP) is 4.52. The first kappa shape index (κ1) is 13.6. The molecule has 1 N–H and O–H groups in total. The van der Waals surface area contributed by atoms with E-state index in [0.29, 0.717) is 12.0 Å². The van der Waals surface area contributed by atoms with E-state index < -0.39 is 0 Å². The smallest absolute Gasteiger partial charge is 0.251 e. The molecule has 0 spiro atoms. The van der Waals surface area contributed by atoms with E-state index in [1.54, 1.807) is 0 Å². The Morgan fingerprint density at radius 2 is 1.90 bits per heavy atom. The van der Waals surface area contributed by atoms with Gasteiger partial charge in [-0.3, -0.25) is 4.79 Å². The van der Waals surface area contributed by atoms with Gasteiger partial charge in [-0.1, -0.05) is 41.4 Å². The van der Waals surface area contributed by atoms with E-state index in [-0.39, 0.29) is 5.91 Å². The van der Waals surface area contributed by atoms with Crippen LogP contribution in [0.1, 0.15) is 36.5 Å². The molecule has 20 heavy (non-hydrogen) atoms. The van der Waals surface area contributed by atoms with Gasteiger partial charge in [-0.25, -0.2) is 0 Å². The van der Waals surface area contributed by atoms with Crippen molar-refractivity contribution in [3.05, 3.63) is 46.4 Å². The van der Waals surface area contributed by atoms with Gasteiger partial charge in [0.05, 0.1) is 0 Å². The van der Waals surface area contributed by atoms with Gasteiger partial charge in [0.2, 0.25) is 0 Å². The fourth-order valence-electron chi connectivity index (χ4n) is 2.97. The molecule has 0 aromatic heterocycles. The molecule has 1 aliphatic rings. The van der Waals surface area contributed by atoms with Crippen molar-refractivity contribution in [2.24, 2.45) is 5.92 Å². The lowest BCUT2D eigenvalue weighted by Crippen LogP contribution is -2.36. The standard InChI is InChI=1S/C17H18BrNO/c1-11-3-2-4-16(11)19-17(20)14-6-5-13-10-15(18)8-7-12(13)9-14/h5-11,16H,2-4H2,1H3,(H,19,20). The van der Waals surface area contributed by atoms with Crippen molar-refractivity contribution < 1.29 is 4.79 Å². The molecule has 0 heterocycles. The van der Waals surface area contributed by atoms with Crippen molar-refractivity contribution in [1.82, 2.24) is 5.32 Å². The Balaban J connectivity index is 1.82. The zero-order chi connectivity index (χ0) is 14.1. The SMILES string of the molecule is CC1CCCC1NC(=O)c1ccc2cc(Br)ccc2c1. The van der Waals surface area contributed by atoms with Gasteiger partial charge in [-0.2, -0.15) is 0 Å². The molecule has 1 saturated carbocycles. The van der Waals surface area contributed by atoms with Gasteiger partial charge in [0.25, 0.3) is 5.91 Å². The van der Waals surface area contributed by atoms with Crippen LogP contribution in [0.15, 0.2) is 40.9 Å². The third-order valence-electron chi connectivity index (χ3n) is 4.24. The molecule has 0 radical (unpaired) electrons. The molecule has 3 rings (SSSR count). The van der Waals surface area contributed by atoms with E-state index in [9.17, 15) is 4.79 Å². The first-order chi connectivity index (χ1) is 9.63. The summed E-state index contributed by atoms with van der Waals surface area (Å²) in [5.41, 5.74) is 0.749. The molecule has 104 valence electrons. The number of fused-ring (bicyclic) bond motifs is 1. The molecule has 1 aliphatic carbocycles. The summed E-state index contributed by atoms with van der Waals surface area (Å²) < 4.78 is 1.06. The highest BCUT2D eigenvalue weighted by molar-refractivity contribution is 9.10. The first-order valence-corrected chi connectivity index (χ1v) is 7.93. The van der Waals surface area contributed by atoms with Crippen LogP contribution in [0, 0.1) is 5.92 Å². The number of halogens is 1. The number of carbonyl (C=O) groups is 1. The van der Waals surface area contributed by atoms with Gasteiger partial charge in [-0.05, 0) is 53.8 Å². The lowest BCUT2D eigenvalue weighted by molar-refractivity contribution is 0.0930. The minimum absolute atomic E-state index is 0.0496. The number of rotatable bonds is 2. The monoisotopic (exact) mass is 331 g/mol. The predicted molar refractivity (Wildman–Crippen MR) is 85.9 cm³/mol. The number of nitrogens with one attached hydrogen (secondary N) is 1. The molecular formula is C17H18BrNO. The number of hydrogen-bond donors (Lipinski definition) is 1. The van der Waals surface area contributed by atoms with Gasteiger partial charge >= 0.3 is 0 Å². The van der Waals surface area contributed by atoms with Crippen LogP contribution in [0.25, 0.3) is 10.8 Å². The van der Waals surface area contributed by atoms with Crippen molar-refractivity contribution in [2.45, 2.75) is 32.2 Å². The highest BCUT2D eigenvalue weighted by atomic mass is 79.9. The zero-order valence-electron chi connectivity index (χ0n) is 11.5. The summed E-state index contributed by atoms with van der Waals surface area (Å²) in [5.74, 6) is 0.643. The maximum Gasteiger partial charge on any atom is 0.251 e. The van der Waals surface area contributed by atoms with Crippen molar-refractivity contribution in [1.29, 1.82) is 0 Å². The average Bonchev–Trinajstić information content (AvgIpc) is 2.83. The Morgan fingerprint density at radius 3 is 2.65 bits per heavy atom. The molecule has 0 aliphatic heterocycles. The van der Waals surface area contributed by atoms with Crippen molar-refractivity contribution in [3.8, 4) is 0 Å². The van der Waals surface area contributed by atoms with Gasteiger partial charge < -0.3 is 5.32 Å². The minimum atomic E-state index is 0.0496. The number of amides is 1. The van der Waals surface area contributed by atoms with Crippen LogP contribution >= 0.6 is 15.9 Å². The van der Waals surface area contributed by atoms with Crippen LogP contribution in [-0.2, 0) is 0 Å². The summed E-state index contributed by atoms with van der Waals surface area (Å²) in [4.78, 5) is 12.3. The average molecular weight is 332 g/mol. The number of benzene rings is 2. The second-order valence-corrected chi connectivity index (χ2v) is 6.61. The third-order valence-corrected chi connectivity index (χ3v) is 4.74. The summed E-state index contributed by atoms with van der Waals surface area (Å²) in [6, 6.07) is 12.3. The van der Waals surface area contributed by atoms with Crippen LogP contribution in [0.3, 0.4) is 0 Å². The molecule has 3 heteroatoms. The third kappa shape index (κ3) is 2.73. The van der Waals surface area contributed by atoms with Crippen LogP contribution in [-0.4, -0.2) is 11.9 Å². The topological polar surface area (TPSA) is 29.1 Å². The van der Waals surface area contributed by atoms with Gasteiger partial charge in [0.1, 0.15) is 0 Å². The van der Waals surface area contributed by atoms with E-state index in [1.165, 1.54) is 12.8 Å². The van der Waals surface area contributed by atoms with E-state index in [0.717, 1.165) is 27.2 Å². The Bertz CT molecular complexity index is 652. The molecule has 0 saturated heterocycles. The summed E-state index contributed by atoms with van der Waals surface area (Å²) in [7, 11) is 0. The Morgan fingerprint density at radius 1 is 1.15 bits per heavy atom. The van der Waals surface area contributed by atoms with Crippen molar-refractivity contribution in [3.63, 3.8) is 0 Å². The molecule has 2 unspecified atom stereocenters. The fourth-order valence-corrected chi connectivity index (χ4v) is 3.35. The van der Waals surface area contributed by atoms with Gasteiger partial charge in [0, 0.05) is 16.1 Å². The van der Waals surface area contributed by atoms with Crippen LogP contribution in [0.4, 0.5) is 0 Å². The Labute approximate surface area is 127 Å². The fraction of sp³-hybridized carbons (Fsp3) is 0.353. The molecular weight excluding hydrogens is 314 g/mol. The number of hydrogen-bond acceptors (Lipinski definition) is 1. The highest BCUT2D eigenvalue weighted by Crippen LogP contribution is 2.25. The van der Waals surface area contributed by atoms with Crippen LogP contribution < -0.4 is 5.32 Å². The van der Waals surface area contributed by atoms with E-state index >= 15 is 0 Å². The quantitative estimate of drug-likeness (QED) is 0.861. The molecule has 0 bridgehead atoms. The Kier molecular flexibility index (Phi) is 3.79. The van der Waals surface area contributed by atoms with Crippen LogP contribution in [0.2, 0.25) is 0 Å². The van der Waals surface area contributed by atoms with E-state index in [1.807, 2.05) is 30.3 Å². The largest absolute Gasteiger partial charge is 0.349 e. The summed E-state index contributed by atoms with van der Waals surface area (Å²) >= 11 is 3.47. The van der Waals surface area contributed by atoms with Crippen molar-refractivity contribution >= 4 is 32.6 Å². The van der Waals surface area contributed by atoms with Gasteiger partial charge in [-0.15, -0.1) is 0 Å². The van der Waals surface area contributed by atoms with E-state index in [2.05, 4.69) is 34.2 Å². The maximum absolute atomic E-state index is 12.3. The zero-order valence-corrected chi connectivity index (χ0v) is 13.1. The minimum Gasteiger partial charge on any atom is -0.349 e. The maximum atomic E-state index is 12.3. The number of carbonyl (C=O) groups excluding carboxylic acids is 1. The van der Waals surface area contributed by atoms with Gasteiger partial charge in [0.15, 0.2) is 0 Å². The van der Waals surface area contributed by atoms with Crippen molar-refractivity contribution in [2.75, 3.05) is 0 Å². The normalized spacial score (nSPS) is 22.1. The second-order valence-electron chi connectivity index (χ2n) is 5.69. The summed E-state index contributed by atoms with van der Waals surface area (Å²) in [6.07, 6.45) is 3.54. The van der Waals surface area contributed by atoms with Crippen LogP contribution in [0.5, 0.6) is 0 Å². The lowest BCUT2D eigenvalue weighted by Gasteiger charge is -2.17. The summed E-state index contributed by atoms with van der Waals surface area (Å²) in [5, 5.41) is 5.41. The molecule has 1 amide bonds. The molecule has 1 fully saturated rings. The Hall–Kier alpha value is -1.35. The highest BCUT2D eigenvalue weighted by Gasteiger charge is 2.25. The van der Waals surface area contributed by atoms with E-state index in [4.69, 9.17) is 0 Å². The second kappa shape index (κ2) is 5.57. The molecule has 2 nitrogen and oxygen atoms in total. The first-order valence-electron chi connectivity index (χ1n) is 7.14. The lowest BCUT2D eigenvalue weighted by atomic mass is 10.0. The summed E-state index contributed by atoms with van der Waals surface area (Å²) in [6.45, 7) is 2.22. The molecule has 2 aromatic rings. The molecule has 2 atom stereocenters.